The molecule has 1 atom stereocenters. The van der Waals surface area contributed by atoms with Gasteiger partial charge in [-0.05, 0) is 30.9 Å². The maximum atomic E-state index is 12.5. The van der Waals surface area contributed by atoms with Gasteiger partial charge in [-0.25, -0.2) is 0 Å². The number of piperidine rings is 1. The third kappa shape index (κ3) is 5.35. The minimum absolute atomic E-state index is 0.0913. The first-order valence-corrected chi connectivity index (χ1v) is 11.0. The Labute approximate surface area is 175 Å². The number of nitrogens with zero attached hydrogens (tertiary/aromatic N) is 4. The molecule has 0 aromatic heterocycles. The average Bonchev–Trinajstić information content (AvgIpc) is 2.72. The predicted molar refractivity (Wildman–Crippen MR) is 117 cm³/mol. The molecule has 2 aliphatic rings. The van der Waals surface area contributed by atoms with Gasteiger partial charge in [-0.15, -0.1) is 0 Å². The Hall–Kier alpha value is -1.87. The predicted octanol–water partition coefficient (Wildman–Crippen LogP) is 2.99. The van der Waals surface area contributed by atoms with Crippen LogP contribution >= 0.6 is 24.0 Å². The molecule has 2 fully saturated rings. The number of rotatable bonds is 4. The summed E-state index contributed by atoms with van der Waals surface area (Å²) in [6, 6.07) is 6.57. The lowest BCUT2D eigenvalue weighted by atomic mass is 10.0. The minimum Gasteiger partial charge on any atom is -0.368 e. The molecule has 1 amide bonds. The van der Waals surface area contributed by atoms with Crippen molar-refractivity contribution in [1.82, 2.24) is 9.80 Å². The number of amides is 1. The lowest BCUT2D eigenvalue weighted by Gasteiger charge is -2.36. The Balaban J connectivity index is 1.43. The highest BCUT2D eigenvalue weighted by Gasteiger charge is 2.24. The molecule has 152 valence electrons. The number of likely N-dealkylation sites (tertiary alicyclic amines) is 1. The van der Waals surface area contributed by atoms with Crippen molar-refractivity contribution in [3.05, 3.63) is 34.4 Å². The molecule has 3 rings (SSSR count). The molecule has 0 N–H and O–H groups in total. The molecule has 1 aromatic rings. The van der Waals surface area contributed by atoms with Gasteiger partial charge in [0.15, 0.2) is 0 Å². The Morgan fingerprint density at radius 2 is 1.86 bits per heavy atom. The highest BCUT2D eigenvalue weighted by Crippen LogP contribution is 2.22. The first kappa shape index (κ1) is 20.9. The summed E-state index contributed by atoms with van der Waals surface area (Å²) in [5, 5.41) is 10.8. The molecule has 2 heterocycles. The van der Waals surface area contributed by atoms with E-state index in [0.717, 1.165) is 36.2 Å². The monoisotopic (exact) mass is 422 g/mol. The van der Waals surface area contributed by atoms with Crippen molar-refractivity contribution in [2.45, 2.75) is 19.8 Å². The van der Waals surface area contributed by atoms with Crippen molar-refractivity contribution in [3.8, 4) is 0 Å². The molecule has 0 spiro atoms. The van der Waals surface area contributed by atoms with Crippen LogP contribution in [0.25, 0.3) is 0 Å². The number of thioether (sulfide) groups is 1. The fourth-order valence-corrected chi connectivity index (χ4v) is 4.78. The van der Waals surface area contributed by atoms with Gasteiger partial charge in [-0.2, -0.15) is 0 Å². The van der Waals surface area contributed by atoms with E-state index in [1.807, 2.05) is 4.90 Å². The zero-order valence-corrected chi connectivity index (χ0v) is 17.7. The lowest BCUT2D eigenvalue weighted by molar-refractivity contribution is -0.384. The van der Waals surface area contributed by atoms with Crippen molar-refractivity contribution >= 4 is 45.6 Å². The van der Waals surface area contributed by atoms with Crippen LogP contribution in [0.1, 0.15) is 19.8 Å². The molecule has 1 aromatic carbocycles. The van der Waals surface area contributed by atoms with Gasteiger partial charge in [0.05, 0.1) is 10.7 Å². The summed E-state index contributed by atoms with van der Waals surface area (Å²) in [5.41, 5.74) is 1.04. The standard InChI is InChI=1S/C19H26N4O3S2/c1-15-3-2-8-22(13-15)19(27)28-14-18(24)21-11-9-20(10-12-21)16-4-6-17(7-5-16)23(25)26/h4-7,15H,2-3,8-14H2,1H3/t15-/m1/s1. The van der Waals surface area contributed by atoms with Crippen molar-refractivity contribution in [1.29, 1.82) is 0 Å². The number of carbonyl (C=O) groups is 1. The van der Waals surface area contributed by atoms with Crippen LogP contribution in [0.15, 0.2) is 24.3 Å². The smallest absolute Gasteiger partial charge is 0.269 e. The second kappa shape index (κ2) is 9.56. The van der Waals surface area contributed by atoms with Crippen LogP contribution in [0.5, 0.6) is 0 Å². The third-order valence-corrected chi connectivity index (χ3v) is 6.80. The SMILES string of the molecule is C[C@@H]1CCCN(C(=S)SCC(=O)N2CCN(c3ccc([N+](=O)[O-])cc3)CC2)C1. The molecule has 0 saturated carbocycles. The molecule has 0 bridgehead atoms. The molecular formula is C19H26N4O3S2. The molecule has 7 nitrogen and oxygen atoms in total. The summed E-state index contributed by atoms with van der Waals surface area (Å²) in [5.74, 6) is 1.18. The summed E-state index contributed by atoms with van der Waals surface area (Å²) in [6.07, 6.45) is 2.42. The van der Waals surface area contributed by atoms with E-state index in [2.05, 4.69) is 16.7 Å². The van der Waals surface area contributed by atoms with Crippen molar-refractivity contribution in [2.24, 2.45) is 5.92 Å². The van der Waals surface area contributed by atoms with Crippen LogP contribution in [0.2, 0.25) is 0 Å². The van der Waals surface area contributed by atoms with E-state index in [9.17, 15) is 14.9 Å². The fraction of sp³-hybridized carbons (Fsp3) is 0.579. The molecule has 0 radical (unpaired) electrons. The lowest BCUT2D eigenvalue weighted by Crippen LogP contribution is -2.49. The number of non-ortho nitro benzene ring substituents is 1. The van der Waals surface area contributed by atoms with Gasteiger partial charge >= 0.3 is 0 Å². The summed E-state index contributed by atoms with van der Waals surface area (Å²) in [4.78, 5) is 29.2. The van der Waals surface area contributed by atoms with Crippen LogP contribution < -0.4 is 4.90 Å². The zero-order valence-electron chi connectivity index (χ0n) is 16.1. The number of nitro benzene ring substituents is 1. The summed E-state index contributed by atoms with van der Waals surface area (Å²) in [7, 11) is 0. The van der Waals surface area contributed by atoms with Gasteiger partial charge < -0.3 is 14.7 Å². The van der Waals surface area contributed by atoms with E-state index in [1.54, 1.807) is 12.1 Å². The number of carbonyl (C=O) groups excluding carboxylic acids is 1. The van der Waals surface area contributed by atoms with E-state index in [1.165, 1.54) is 36.7 Å². The number of nitro groups is 1. The molecule has 0 aliphatic carbocycles. The summed E-state index contributed by atoms with van der Waals surface area (Å²) >= 11 is 7.00. The van der Waals surface area contributed by atoms with Gasteiger partial charge in [0, 0.05) is 57.1 Å². The van der Waals surface area contributed by atoms with Crippen LogP contribution in [-0.4, -0.2) is 70.0 Å². The van der Waals surface area contributed by atoms with Crippen LogP contribution in [0, 0.1) is 16.0 Å². The second-order valence-corrected chi connectivity index (χ2v) is 9.00. The molecule has 28 heavy (non-hydrogen) atoms. The molecular weight excluding hydrogens is 396 g/mol. The number of piperazine rings is 1. The third-order valence-electron chi connectivity index (χ3n) is 5.29. The van der Waals surface area contributed by atoms with Gasteiger partial charge in [-0.1, -0.05) is 30.9 Å². The van der Waals surface area contributed by atoms with E-state index in [4.69, 9.17) is 12.2 Å². The van der Waals surface area contributed by atoms with Crippen molar-refractivity contribution < 1.29 is 9.72 Å². The number of hydrogen-bond acceptors (Lipinski definition) is 6. The summed E-state index contributed by atoms with van der Waals surface area (Å²) < 4.78 is 0.837. The van der Waals surface area contributed by atoms with E-state index in [0.29, 0.717) is 24.8 Å². The largest absolute Gasteiger partial charge is 0.368 e. The molecule has 9 heteroatoms. The highest BCUT2D eigenvalue weighted by atomic mass is 32.2. The first-order chi connectivity index (χ1) is 13.4. The van der Waals surface area contributed by atoms with Gasteiger partial charge in [0.1, 0.15) is 4.32 Å². The number of hydrogen-bond donors (Lipinski definition) is 0. The topological polar surface area (TPSA) is 69.9 Å². The molecule has 2 saturated heterocycles. The Kier molecular flexibility index (Phi) is 7.12. The van der Waals surface area contributed by atoms with Crippen LogP contribution in [-0.2, 0) is 4.79 Å². The number of benzene rings is 1. The van der Waals surface area contributed by atoms with E-state index in [-0.39, 0.29) is 11.6 Å². The van der Waals surface area contributed by atoms with Gasteiger partial charge in [-0.3, -0.25) is 14.9 Å². The van der Waals surface area contributed by atoms with Crippen LogP contribution in [0.3, 0.4) is 0 Å². The summed E-state index contributed by atoms with van der Waals surface area (Å²) in [6.45, 7) is 7.00. The zero-order chi connectivity index (χ0) is 20.1. The maximum absolute atomic E-state index is 12.5. The minimum atomic E-state index is -0.396. The van der Waals surface area contributed by atoms with E-state index >= 15 is 0 Å². The first-order valence-electron chi connectivity index (χ1n) is 9.63. The molecule has 2 aliphatic heterocycles. The molecule has 0 unspecified atom stereocenters. The fourth-order valence-electron chi connectivity index (χ4n) is 3.66. The highest BCUT2D eigenvalue weighted by molar-refractivity contribution is 8.23. The van der Waals surface area contributed by atoms with Gasteiger partial charge in [0.2, 0.25) is 5.91 Å². The number of anilines is 1. The quantitative estimate of drug-likeness (QED) is 0.420. The normalized spacial score (nSPS) is 20.2. The Morgan fingerprint density at radius 3 is 2.46 bits per heavy atom. The Morgan fingerprint density at radius 1 is 1.18 bits per heavy atom. The average molecular weight is 423 g/mol. The number of thiocarbonyl (C=S) groups is 1. The van der Waals surface area contributed by atoms with E-state index < -0.39 is 4.92 Å². The maximum Gasteiger partial charge on any atom is 0.269 e. The van der Waals surface area contributed by atoms with Crippen LogP contribution in [0.4, 0.5) is 11.4 Å². The second-order valence-electron chi connectivity index (χ2n) is 7.39. The van der Waals surface area contributed by atoms with Crippen molar-refractivity contribution in [2.75, 3.05) is 49.9 Å². The van der Waals surface area contributed by atoms with Gasteiger partial charge in [0.25, 0.3) is 5.69 Å². The van der Waals surface area contributed by atoms with Crippen molar-refractivity contribution in [3.63, 3.8) is 0 Å². The Bertz CT molecular complexity index is 720.